The average molecular weight is 381 g/mol. The number of carbonyl (C=O) groups is 1. The van der Waals surface area contributed by atoms with Gasteiger partial charge in [-0.25, -0.2) is 14.2 Å². The molecular weight excluding hydrogens is 367 g/mol. The molecule has 0 bridgehead atoms. The second kappa shape index (κ2) is 6.54. The molecular formula is C16H14BrFN2O3. The number of halogens is 2. The number of carbonyl (C=O) groups excluding carboxylic acids is 1. The summed E-state index contributed by atoms with van der Waals surface area (Å²) in [5, 5.41) is 3.11. The summed E-state index contributed by atoms with van der Waals surface area (Å²) in [5.74, 6) is 0.535. The van der Waals surface area contributed by atoms with Crippen molar-refractivity contribution in [3.63, 3.8) is 0 Å². The largest absolute Gasteiger partial charge is 0.492 e. The van der Waals surface area contributed by atoms with E-state index < -0.39 is 11.8 Å². The number of anilines is 1. The van der Waals surface area contributed by atoms with Gasteiger partial charge in [0, 0.05) is 30.3 Å². The minimum atomic E-state index is -0.498. The summed E-state index contributed by atoms with van der Waals surface area (Å²) in [6, 6.07) is 4.13. The summed E-state index contributed by atoms with van der Waals surface area (Å²) in [5.41, 5.74) is 1.64. The third-order valence-electron chi connectivity index (χ3n) is 3.60. The highest BCUT2D eigenvalue weighted by Crippen LogP contribution is 2.36. The van der Waals surface area contributed by atoms with E-state index in [4.69, 9.17) is 4.74 Å². The number of hydrogen-bond donors (Lipinski definition) is 1. The van der Waals surface area contributed by atoms with Crippen LogP contribution in [0.1, 0.15) is 21.5 Å². The zero-order valence-corrected chi connectivity index (χ0v) is 13.9. The first-order chi connectivity index (χ1) is 11.1. The van der Waals surface area contributed by atoms with Gasteiger partial charge in [-0.3, -0.25) is 0 Å². The van der Waals surface area contributed by atoms with E-state index in [1.165, 1.54) is 25.3 Å². The van der Waals surface area contributed by atoms with E-state index in [2.05, 4.69) is 31.0 Å². The number of methoxy groups -OCH3 is 1. The number of ether oxygens (including phenoxy) is 2. The molecule has 1 aromatic carbocycles. The maximum atomic E-state index is 13.9. The molecule has 0 aliphatic carbocycles. The number of benzene rings is 1. The lowest BCUT2D eigenvalue weighted by molar-refractivity contribution is 0.0600. The fraction of sp³-hybridized carbons (Fsp3) is 0.250. The van der Waals surface area contributed by atoms with Crippen LogP contribution in [-0.4, -0.2) is 24.7 Å². The van der Waals surface area contributed by atoms with Gasteiger partial charge in [0.05, 0.1) is 23.8 Å². The molecule has 7 heteroatoms. The number of fused-ring (bicyclic) bond motifs is 1. The fourth-order valence-electron chi connectivity index (χ4n) is 2.44. The molecule has 0 unspecified atom stereocenters. The number of pyridine rings is 1. The topological polar surface area (TPSA) is 60.5 Å². The van der Waals surface area contributed by atoms with E-state index in [1.54, 1.807) is 6.20 Å². The number of nitrogens with zero attached hydrogens (tertiary/aromatic N) is 1. The number of hydrogen-bond acceptors (Lipinski definition) is 5. The van der Waals surface area contributed by atoms with Gasteiger partial charge in [0.25, 0.3) is 0 Å². The van der Waals surface area contributed by atoms with Gasteiger partial charge in [-0.1, -0.05) is 0 Å². The van der Waals surface area contributed by atoms with Gasteiger partial charge in [-0.15, -0.1) is 0 Å². The van der Waals surface area contributed by atoms with Gasteiger partial charge >= 0.3 is 5.97 Å². The van der Waals surface area contributed by atoms with E-state index in [0.29, 0.717) is 23.6 Å². The summed E-state index contributed by atoms with van der Waals surface area (Å²) in [4.78, 5) is 15.9. The van der Waals surface area contributed by atoms with Gasteiger partial charge < -0.3 is 14.8 Å². The van der Waals surface area contributed by atoms with Crippen LogP contribution in [0.4, 0.5) is 10.2 Å². The Kier molecular flexibility index (Phi) is 4.47. The first-order valence-electron chi connectivity index (χ1n) is 7.01. The number of esters is 1. The Morgan fingerprint density at radius 2 is 2.35 bits per heavy atom. The summed E-state index contributed by atoms with van der Waals surface area (Å²) in [7, 11) is 1.29. The molecule has 23 heavy (non-hydrogen) atoms. The number of nitrogens with one attached hydrogen (secondary N) is 1. The van der Waals surface area contributed by atoms with Crippen molar-refractivity contribution in [2.45, 2.75) is 13.0 Å². The lowest BCUT2D eigenvalue weighted by Gasteiger charge is -2.11. The normalized spacial score (nSPS) is 12.5. The highest BCUT2D eigenvalue weighted by Gasteiger charge is 2.20. The van der Waals surface area contributed by atoms with Crippen molar-refractivity contribution in [3.8, 4) is 5.75 Å². The zero-order chi connectivity index (χ0) is 16.4. The van der Waals surface area contributed by atoms with E-state index >= 15 is 0 Å². The maximum Gasteiger partial charge on any atom is 0.337 e. The average Bonchev–Trinajstić information content (AvgIpc) is 3.05. The predicted octanol–water partition coefficient (Wildman–Crippen LogP) is 3.32. The van der Waals surface area contributed by atoms with Crippen LogP contribution < -0.4 is 10.1 Å². The highest BCUT2D eigenvalue weighted by molar-refractivity contribution is 9.10. The van der Waals surface area contributed by atoms with Crippen LogP contribution in [-0.2, 0) is 17.7 Å². The summed E-state index contributed by atoms with van der Waals surface area (Å²) in [6.07, 6.45) is 2.39. The number of aromatic nitrogens is 1. The molecule has 1 aromatic heterocycles. The van der Waals surface area contributed by atoms with Crippen molar-refractivity contribution in [1.29, 1.82) is 0 Å². The Morgan fingerprint density at radius 3 is 3.13 bits per heavy atom. The monoisotopic (exact) mass is 380 g/mol. The van der Waals surface area contributed by atoms with Crippen LogP contribution in [0.3, 0.4) is 0 Å². The van der Waals surface area contributed by atoms with Crippen molar-refractivity contribution in [1.82, 2.24) is 4.98 Å². The third-order valence-corrected chi connectivity index (χ3v) is 4.16. The summed E-state index contributed by atoms with van der Waals surface area (Å²) >= 11 is 3.40. The minimum absolute atomic E-state index is 0.206. The Bertz CT molecular complexity index is 767. The molecule has 0 fully saturated rings. The van der Waals surface area contributed by atoms with Gasteiger partial charge in [0.2, 0.25) is 0 Å². The highest BCUT2D eigenvalue weighted by atomic mass is 79.9. The molecule has 0 amide bonds. The first kappa shape index (κ1) is 15.7. The summed E-state index contributed by atoms with van der Waals surface area (Å²) in [6.45, 7) is 0.804. The first-order valence-corrected chi connectivity index (χ1v) is 7.80. The van der Waals surface area contributed by atoms with E-state index in [9.17, 15) is 9.18 Å². The van der Waals surface area contributed by atoms with E-state index in [0.717, 1.165) is 22.2 Å². The minimum Gasteiger partial charge on any atom is -0.492 e. The van der Waals surface area contributed by atoms with Gasteiger partial charge in [0.1, 0.15) is 17.4 Å². The molecule has 2 heterocycles. The van der Waals surface area contributed by atoms with Crippen LogP contribution in [0.15, 0.2) is 28.9 Å². The van der Waals surface area contributed by atoms with Gasteiger partial charge in [0.15, 0.2) is 0 Å². The molecule has 0 saturated carbocycles. The molecule has 1 N–H and O–H groups in total. The Morgan fingerprint density at radius 1 is 1.52 bits per heavy atom. The molecule has 2 aromatic rings. The predicted molar refractivity (Wildman–Crippen MR) is 86.2 cm³/mol. The second-order valence-electron chi connectivity index (χ2n) is 5.01. The molecule has 120 valence electrons. The van der Waals surface area contributed by atoms with Crippen LogP contribution in [0.5, 0.6) is 5.75 Å². The van der Waals surface area contributed by atoms with Crippen LogP contribution >= 0.6 is 15.9 Å². The third kappa shape index (κ3) is 3.14. The van der Waals surface area contributed by atoms with Crippen molar-refractivity contribution in [3.05, 3.63) is 51.4 Å². The second-order valence-corrected chi connectivity index (χ2v) is 5.87. The standard InChI is InChI=1S/C16H14BrFN2O3/c1-22-16(21)9-2-3-13(18)10(6-9)7-19-15-11-4-5-23-14(11)12(17)8-20-15/h2-3,6,8H,4-5,7H2,1H3,(H,19,20). The lowest BCUT2D eigenvalue weighted by Crippen LogP contribution is -2.08. The van der Waals surface area contributed by atoms with Crippen molar-refractivity contribution < 1.29 is 18.7 Å². The smallest absolute Gasteiger partial charge is 0.337 e. The van der Waals surface area contributed by atoms with E-state index in [-0.39, 0.29) is 6.54 Å². The number of rotatable bonds is 4. The Balaban J connectivity index is 1.82. The quantitative estimate of drug-likeness (QED) is 0.824. The van der Waals surface area contributed by atoms with Crippen molar-refractivity contribution >= 4 is 27.7 Å². The van der Waals surface area contributed by atoms with Crippen molar-refractivity contribution in [2.24, 2.45) is 0 Å². The van der Waals surface area contributed by atoms with Crippen LogP contribution in [0.2, 0.25) is 0 Å². The van der Waals surface area contributed by atoms with Crippen molar-refractivity contribution in [2.75, 3.05) is 19.0 Å². The van der Waals surface area contributed by atoms with E-state index in [1.807, 2.05) is 0 Å². The molecule has 0 spiro atoms. The molecule has 1 aliphatic rings. The molecule has 0 radical (unpaired) electrons. The zero-order valence-electron chi connectivity index (χ0n) is 12.4. The lowest BCUT2D eigenvalue weighted by atomic mass is 10.1. The SMILES string of the molecule is COC(=O)c1ccc(F)c(CNc2ncc(Br)c3c2CCO3)c1. The molecule has 0 atom stereocenters. The Hall–Kier alpha value is -2.15. The van der Waals surface area contributed by atoms with Gasteiger partial charge in [-0.2, -0.15) is 0 Å². The Labute approximate surface area is 140 Å². The van der Waals surface area contributed by atoms with Crippen LogP contribution in [0, 0.1) is 5.82 Å². The molecule has 3 rings (SSSR count). The molecule has 5 nitrogen and oxygen atoms in total. The molecule has 0 saturated heterocycles. The fourth-order valence-corrected chi connectivity index (χ4v) is 2.90. The molecule has 1 aliphatic heterocycles. The maximum absolute atomic E-state index is 13.9. The van der Waals surface area contributed by atoms with Crippen LogP contribution in [0.25, 0.3) is 0 Å². The van der Waals surface area contributed by atoms with Gasteiger partial charge in [-0.05, 0) is 34.1 Å². The summed E-state index contributed by atoms with van der Waals surface area (Å²) < 4.78 is 24.9.